The van der Waals surface area contributed by atoms with Gasteiger partial charge in [-0.2, -0.15) is 0 Å². The van der Waals surface area contributed by atoms with Crippen LogP contribution in [0.4, 0.5) is 5.82 Å². The first-order valence-corrected chi connectivity index (χ1v) is 13.3. The van der Waals surface area contributed by atoms with Crippen molar-refractivity contribution in [2.75, 3.05) is 32.1 Å². The molecule has 0 bridgehead atoms. The van der Waals surface area contributed by atoms with E-state index >= 15 is 0 Å². The molecule has 2 N–H and O–H groups in total. The van der Waals surface area contributed by atoms with Crippen LogP contribution in [0, 0.1) is 13.8 Å². The minimum absolute atomic E-state index is 0.236. The van der Waals surface area contributed by atoms with Crippen LogP contribution in [0.2, 0.25) is 0 Å². The standard InChI is InChI=1S/C30H39N5O2/c1-21-10-14-23(15-11-21)28-29(24-16-12-22(2)13-17-24)32-30-26(31-28)19-25(33-34(3)4)20-35(30)18-8-6-5-7-9-27(36)37/h10-17,25,33H,5-9,18-20H2,1-4H3,(H,36,37). The summed E-state index contributed by atoms with van der Waals surface area (Å²) in [6.07, 6.45) is 4.71. The second kappa shape index (κ2) is 12.3. The number of aliphatic carboxylic acids is 1. The second-order valence-corrected chi connectivity index (χ2v) is 10.4. The van der Waals surface area contributed by atoms with Crippen molar-refractivity contribution in [1.82, 2.24) is 20.4 Å². The number of carboxylic acid groups (broad SMARTS) is 1. The number of aromatic nitrogens is 2. The van der Waals surface area contributed by atoms with Crippen molar-refractivity contribution in [1.29, 1.82) is 0 Å². The fourth-order valence-electron chi connectivity index (χ4n) is 4.91. The summed E-state index contributed by atoms with van der Waals surface area (Å²) in [4.78, 5) is 23.7. The van der Waals surface area contributed by atoms with E-state index in [0.29, 0.717) is 0 Å². The lowest BCUT2D eigenvalue weighted by atomic mass is 9.99. The van der Waals surface area contributed by atoms with E-state index in [1.165, 1.54) is 11.1 Å². The van der Waals surface area contributed by atoms with Crippen LogP contribution in [0.15, 0.2) is 48.5 Å². The van der Waals surface area contributed by atoms with Crippen molar-refractivity contribution in [3.63, 3.8) is 0 Å². The van der Waals surface area contributed by atoms with Gasteiger partial charge in [0.15, 0.2) is 5.82 Å². The van der Waals surface area contributed by atoms with Crippen LogP contribution >= 0.6 is 0 Å². The van der Waals surface area contributed by atoms with Crippen LogP contribution < -0.4 is 10.3 Å². The van der Waals surface area contributed by atoms with E-state index in [1.54, 1.807) is 0 Å². The zero-order chi connectivity index (χ0) is 26.4. The van der Waals surface area contributed by atoms with Crippen molar-refractivity contribution in [2.45, 2.75) is 58.4 Å². The molecule has 2 heterocycles. The molecule has 4 rings (SSSR count). The van der Waals surface area contributed by atoms with Gasteiger partial charge in [-0.1, -0.05) is 72.5 Å². The predicted molar refractivity (Wildman–Crippen MR) is 150 cm³/mol. The van der Waals surface area contributed by atoms with Gasteiger partial charge in [-0.05, 0) is 26.7 Å². The van der Waals surface area contributed by atoms with Crippen molar-refractivity contribution >= 4 is 11.8 Å². The first kappa shape index (κ1) is 26.8. The maximum atomic E-state index is 10.8. The first-order chi connectivity index (χ1) is 17.8. The van der Waals surface area contributed by atoms with Gasteiger partial charge in [0.2, 0.25) is 0 Å². The Morgan fingerprint density at radius 3 is 2.05 bits per heavy atom. The largest absolute Gasteiger partial charge is 0.481 e. The molecule has 0 amide bonds. The minimum atomic E-state index is -0.717. The monoisotopic (exact) mass is 501 g/mol. The molecular formula is C30H39N5O2. The number of carbonyl (C=O) groups is 1. The highest BCUT2D eigenvalue weighted by Crippen LogP contribution is 2.35. The fraction of sp³-hybridized carbons (Fsp3) is 0.433. The van der Waals surface area contributed by atoms with E-state index in [2.05, 4.69) is 72.7 Å². The summed E-state index contributed by atoms with van der Waals surface area (Å²) in [5.74, 6) is 0.250. The Balaban J connectivity index is 1.69. The summed E-state index contributed by atoms with van der Waals surface area (Å²) in [6.45, 7) is 5.92. The molecular weight excluding hydrogens is 462 g/mol. The van der Waals surface area contributed by atoms with Crippen molar-refractivity contribution in [2.24, 2.45) is 0 Å². The molecule has 1 aromatic heterocycles. The van der Waals surface area contributed by atoms with Crippen LogP contribution in [0.5, 0.6) is 0 Å². The predicted octanol–water partition coefficient (Wildman–Crippen LogP) is 5.26. The molecule has 0 fully saturated rings. The molecule has 1 unspecified atom stereocenters. The van der Waals surface area contributed by atoms with E-state index in [-0.39, 0.29) is 12.5 Å². The maximum Gasteiger partial charge on any atom is 0.303 e. The van der Waals surface area contributed by atoms with Gasteiger partial charge in [0.05, 0.1) is 17.1 Å². The lowest BCUT2D eigenvalue weighted by molar-refractivity contribution is -0.137. The number of carboxylic acids is 1. The normalized spacial score (nSPS) is 15.2. The Kier molecular flexibility index (Phi) is 8.90. The molecule has 1 aliphatic heterocycles. The SMILES string of the molecule is Cc1ccc(-c2nc3c(nc2-c2ccc(C)cc2)N(CCCCCCC(=O)O)CC(NN(C)C)C3)cc1. The van der Waals surface area contributed by atoms with Crippen LogP contribution in [0.3, 0.4) is 0 Å². The molecule has 0 saturated heterocycles. The average Bonchev–Trinajstić information content (AvgIpc) is 2.86. The third-order valence-electron chi connectivity index (χ3n) is 6.79. The number of nitrogens with zero attached hydrogens (tertiary/aromatic N) is 4. The number of hydrogen-bond acceptors (Lipinski definition) is 6. The Morgan fingerprint density at radius 1 is 0.919 bits per heavy atom. The van der Waals surface area contributed by atoms with Gasteiger partial charge >= 0.3 is 5.97 Å². The van der Waals surface area contributed by atoms with E-state index in [4.69, 9.17) is 15.1 Å². The van der Waals surface area contributed by atoms with Gasteiger partial charge < -0.3 is 10.0 Å². The molecule has 0 spiro atoms. The molecule has 7 nitrogen and oxygen atoms in total. The van der Waals surface area contributed by atoms with Crippen molar-refractivity contribution < 1.29 is 9.90 Å². The fourth-order valence-corrected chi connectivity index (χ4v) is 4.91. The molecule has 37 heavy (non-hydrogen) atoms. The average molecular weight is 502 g/mol. The van der Waals surface area contributed by atoms with Crippen LogP contribution in [-0.2, 0) is 11.2 Å². The van der Waals surface area contributed by atoms with E-state index < -0.39 is 5.97 Å². The number of rotatable bonds is 11. The lowest BCUT2D eigenvalue weighted by Crippen LogP contribution is -2.51. The van der Waals surface area contributed by atoms with Gasteiger partial charge in [-0.15, -0.1) is 0 Å². The topological polar surface area (TPSA) is 81.6 Å². The summed E-state index contributed by atoms with van der Waals surface area (Å²) < 4.78 is 0. The highest BCUT2D eigenvalue weighted by Gasteiger charge is 2.29. The molecule has 0 saturated carbocycles. The Bertz CT molecular complexity index is 1190. The molecule has 2 aromatic carbocycles. The first-order valence-electron chi connectivity index (χ1n) is 13.3. The molecule has 196 valence electrons. The number of aryl methyl sites for hydroxylation is 2. The maximum absolute atomic E-state index is 10.8. The Labute approximate surface area is 220 Å². The summed E-state index contributed by atoms with van der Waals surface area (Å²) in [5, 5.41) is 10.9. The second-order valence-electron chi connectivity index (χ2n) is 10.4. The summed E-state index contributed by atoms with van der Waals surface area (Å²) >= 11 is 0. The van der Waals surface area contributed by atoms with Crippen molar-refractivity contribution in [3.8, 4) is 22.5 Å². The minimum Gasteiger partial charge on any atom is -0.481 e. The molecule has 3 aromatic rings. The van der Waals surface area contributed by atoms with Gasteiger partial charge in [0, 0.05) is 57.2 Å². The number of hydrazine groups is 1. The summed E-state index contributed by atoms with van der Waals surface area (Å²) in [7, 11) is 4.04. The van der Waals surface area contributed by atoms with E-state index in [9.17, 15) is 4.79 Å². The molecule has 0 aliphatic carbocycles. The third kappa shape index (κ3) is 7.14. The van der Waals surface area contributed by atoms with E-state index in [0.717, 1.165) is 79.2 Å². The van der Waals surface area contributed by atoms with Gasteiger partial charge in [-0.3, -0.25) is 15.2 Å². The summed E-state index contributed by atoms with van der Waals surface area (Å²) in [6, 6.07) is 17.3. The number of fused-ring (bicyclic) bond motifs is 1. The zero-order valence-electron chi connectivity index (χ0n) is 22.5. The van der Waals surface area contributed by atoms with Gasteiger partial charge in [0.1, 0.15) is 0 Å². The highest BCUT2D eigenvalue weighted by molar-refractivity contribution is 5.80. The van der Waals surface area contributed by atoms with Crippen molar-refractivity contribution in [3.05, 3.63) is 65.4 Å². The Hall–Kier alpha value is -3.29. The zero-order valence-corrected chi connectivity index (χ0v) is 22.5. The smallest absolute Gasteiger partial charge is 0.303 e. The summed E-state index contributed by atoms with van der Waals surface area (Å²) in [5.41, 5.74) is 11.0. The number of unbranched alkanes of at least 4 members (excludes halogenated alkanes) is 3. The molecule has 0 radical (unpaired) electrons. The molecule has 1 aliphatic rings. The van der Waals surface area contributed by atoms with E-state index in [1.807, 2.05) is 19.1 Å². The number of benzene rings is 2. The van der Waals surface area contributed by atoms with Crippen LogP contribution in [0.1, 0.15) is 48.9 Å². The molecule has 7 heteroatoms. The Morgan fingerprint density at radius 2 is 1.49 bits per heavy atom. The molecule has 1 atom stereocenters. The van der Waals surface area contributed by atoms with Crippen LogP contribution in [0.25, 0.3) is 22.5 Å². The quantitative estimate of drug-likeness (QED) is 0.274. The highest BCUT2D eigenvalue weighted by atomic mass is 16.4. The number of anilines is 1. The number of hydrogen-bond donors (Lipinski definition) is 2. The van der Waals surface area contributed by atoms with Gasteiger partial charge in [-0.25, -0.2) is 9.97 Å². The van der Waals surface area contributed by atoms with Crippen LogP contribution in [-0.4, -0.2) is 59.3 Å². The number of nitrogens with one attached hydrogen (secondary N) is 1. The lowest BCUT2D eigenvalue weighted by Gasteiger charge is -2.36. The third-order valence-corrected chi connectivity index (χ3v) is 6.79. The van der Waals surface area contributed by atoms with Gasteiger partial charge in [0.25, 0.3) is 0 Å².